The van der Waals surface area contributed by atoms with Gasteiger partial charge in [0.2, 0.25) is 5.91 Å². The second-order valence-corrected chi connectivity index (χ2v) is 5.69. The van der Waals surface area contributed by atoms with Crippen LogP contribution in [0.3, 0.4) is 0 Å². The van der Waals surface area contributed by atoms with E-state index in [0.717, 1.165) is 0 Å². The Morgan fingerprint density at radius 3 is 2.26 bits per heavy atom. The molecule has 0 aliphatic heterocycles. The van der Waals surface area contributed by atoms with Crippen molar-refractivity contribution in [3.05, 3.63) is 33.9 Å². The monoisotopic (exact) mass is 322 g/mol. The van der Waals surface area contributed by atoms with Gasteiger partial charge in [-0.3, -0.25) is 19.7 Å². The number of hydrogen-bond donors (Lipinski definition) is 3. The van der Waals surface area contributed by atoms with Crippen LogP contribution < -0.4 is 16.0 Å². The minimum atomic E-state index is -0.588. The van der Waals surface area contributed by atoms with Gasteiger partial charge in [0.05, 0.1) is 11.5 Å². The first-order valence-electron chi connectivity index (χ1n) is 7.33. The molecule has 0 atom stereocenters. The number of carbonyl (C=O) groups excluding carboxylic acids is 2. The average molecular weight is 322 g/mol. The zero-order valence-electron chi connectivity index (χ0n) is 13.7. The molecular weight excluding hydrogens is 300 g/mol. The van der Waals surface area contributed by atoms with Crippen molar-refractivity contribution in [3.63, 3.8) is 0 Å². The summed E-state index contributed by atoms with van der Waals surface area (Å²) in [7, 11) is 0. The van der Waals surface area contributed by atoms with Gasteiger partial charge in [0, 0.05) is 23.7 Å². The number of amides is 2. The minimum absolute atomic E-state index is 0.0126. The van der Waals surface area contributed by atoms with Gasteiger partial charge in [0.15, 0.2) is 0 Å². The molecule has 1 aromatic carbocycles. The van der Waals surface area contributed by atoms with E-state index in [-0.39, 0.29) is 47.4 Å². The van der Waals surface area contributed by atoms with Crippen LogP contribution in [0.4, 0.5) is 11.4 Å². The molecule has 23 heavy (non-hydrogen) atoms. The maximum absolute atomic E-state index is 11.9. The summed E-state index contributed by atoms with van der Waals surface area (Å²) in [5.74, 6) is -0.650. The minimum Gasteiger partial charge on any atom is -0.371 e. The van der Waals surface area contributed by atoms with E-state index in [9.17, 15) is 19.7 Å². The highest BCUT2D eigenvalue weighted by Crippen LogP contribution is 2.25. The number of rotatable bonds is 7. The van der Waals surface area contributed by atoms with E-state index < -0.39 is 4.92 Å². The summed E-state index contributed by atoms with van der Waals surface area (Å²) in [4.78, 5) is 34.1. The van der Waals surface area contributed by atoms with Gasteiger partial charge in [0.25, 0.3) is 11.6 Å². The quantitative estimate of drug-likeness (QED) is 0.522. The third-order valence-electron chi connectivity index (χ3n) is 2.77. The SMILES string of the molecule is CC(C)NC(=O)CNc1ccc(C(=O)NC(C)C)cc1[N+](=O)[O-]. The Bertz CT molecular complexity index is 599. The summed E-state index contributed by atoms with van der Waals surface area (Å²) in [6, 6.07) is 4.02. The Morgan fingerprint density at radius 1 is 1.13 bits per heavy atom. The first-order chi connectivity index (χ1) is 10.7. The van der Waals surface area contributed by atoms with Crippen molar-refractivity contribution in [3.8, 4) is 0 Å². The molecule has 0 radical (unpaired) electrons. The summed E-state index contributed by atoms with van der Waals surface area (Å²) in [5.41, 5.74) is 0.135. The van der Waals surface area contributed by atoms with E-state index in [1.165, 1.54) is 18.2 Å². The van der Waals surface area contributed by atoms with Crippen LogP contribution in [0.25, 0.3) is 0 Å². The second-order valence-electron chi connectivity index (χ2n) is 5.69. The molecule has 0 bridgehead atoms. The first-order valence-corrected chi connectivity index (χ1v) is 7.33. The lowest BCUT2D eigenvalue weighted by molar-refractivity contribution is -0.384. The van der Waals surface area contributed by atoms with E-state index in [0.29, 0.717) is 0 Å². The van der Waals surface area contributed by atoms with E-state index in [4.69, 9.17) is 0 Å². The van der Waals surface area contributed by atoms with Crippen LogP contribution in [-0.4, -0.2) is 35.4 Å². The molecular formula is C15H22N4O4. The molecule has 0 aliphatic rings. The Hall–Kier alpha value is -2.64. The van der Waals surface area contributed by atoms with Crippen molar-refractivity contribution in [1.82, 2.24) is 10.6 Å². The first kappa shape index (κ1) is 18.4. The Kier molecular flexibility index (Phi) is 6.49. The van der Waals surface area contributed by atoms with E-state index in [1.807, 2.05) is 13.8 Å². The maximum atomic E-state index is 11.9. The van der Waals surface area contributed by atoms with E-state index in [2.05, 4.69) is 16.0 Å². The topological polar surface area (TPSA) is 113 Å². The van der Waals surface area contributed by atoms with Crippen molar-refractivity contribution in [1.29, 1.82) is 0 Å². The number of hydrogen-bond acceptors (Lipinski definition) is 5. The Labute approximate surface area is 134 Å². The van der Waals surface area contributed by atoms with Crippen molar-refractivity contribution in [2.75, 3.05) is 11.9 Å². The van der Waals surface area contributed by atoms with Gasteiger partial charge in [-0.05, 0) is 39.8 Å². The molecule has 8 nitrogen and oxygen atoms in total. The molecule has 1 rings (SSSR count). The van der Waals surface area contributed by atoms with Gasteiger partial charge in [-0.15, -0.1) is 0 Å². The molecule has 0 fully saturated rings. The van der Waals surface area contributed by atoms with Crippen LogP contribution in [0.5, 0.6) is 0 Å². The normalized spacial score (nSPS) is 10.5. The van der Waals surface area contributed by atoms with Crippen LogP contribution >= 0.6 is 0 Å². The van der Waals surface area contributed by atoms with Crippen molar-refractivity contribution in [2.45, 2.75) is 39.8 Å². The summed E-state index contributed by atoms with van der Waals surface area (Å²) in [6.07, 6.45) is 0. The zero-order valence-corrected chi connectivity index (χ0v) is 13.7. The fraction of sp³-hybridized carbons (Fsp3) is 0.467. The maximum Gasteiger partial charge on any atom is 0.293 e. The summed E-state index contributed by atoms with van der Waals surface area (Å²) in [5, 5.41) is 19.2. The van der Waals surface area contributed by atoms with Crippen LogP contribution in [0, 0.1) is 10.1 Å². The third kappa shape index (κ3) is 5.93. The van der Waals surface area contributed by atoms with Crippen LogP contribution in [0.1, 0.15) is 38.1 Å². The third-order valence-corrected chi connectivity index (χ3v) is 2.77. The Morgan fingerprint density at radius 2 is 1.74 bits per heavy atom. The smallest absolute Gasteiger partial charge is 0.293 e. The van der Waals surface area contributed by atoms with Gasteiger partial charge in [-0.1, -0.05) is 0 Å². The second kappa shape index (κ2) is 8.11. The van der Waals surface area contributed by atoms with Crippen molar-refractivity contribution < 1.29 is 14.5 Å². The molecule has 0 saturated heterocycles. The predicted octanol–water partition coefficient (Wildman–Crippen LogP) is 1.67. The van der Waals surface area contributed by atoms with Crippen molar-refractivity contribution >= 4 is 23.2 Å². The number of carbonyl (C=O) groups is 2. The van der Waals surface area contributed by atoms with Crippen LogP contribution in [0.15, 0.2) is 18.2 Å². The lowest BCUT2D eigenvalue weighted by atomic mass is 10.1. The molecule has 3 N–H and O–H groups in total. The van der Waals surface area contributed by atoms with Gasteiger partial charge in [0.1, 0.15) is 5.69 Å². The van der Waals surface area contributed by atoms with E-state index >= 15 is 0 Å². The fourth-order valence-electron chi connectivity index (χ4n) is 1.87. The van der Waals surface area contributed by atoms with E-state index in [1.54, 1.807) is 13.8 Å². The van der Waals surface area contributed by atoms with Gasteiger partial charge >= 0.3 is 0 Å². The molecule has 0 aromatic heterocycles. The predicted molar refractivity (Wildman–Crippen MR) is 87.5 cm³/mol. The van der Waals surface area contributed by atoms with Gasteiger partial charge in [-0.25, -0.2) is 0 Å². The van der Waals surface area contributed by atoms with Gasteiger partial charge in [-0.2, -0.15) is 0 Å². The largest absolute Gasteiger partial charge is 0.371 e. The molecule has 8 heteroatoms. The number of nitro groups is 1. The molecule has 0 unspecified atom stereocenters. The average Bonchev–Trinajstić information content (AvgIpc) is 2.43. The molecule has 0 saturated carbocycles. The molecule has 0 aliphatic carbocycles. The number of anilines is 1. The molecule has 126 valence electrons. The van der Waals surface area contributed by atoms with Crippen LogP contribution in [0.2, 0.25) is 0 Å². The lowest BCUT2D eigenvalue weighted by Gasteiger charge is -2.12. The number of benzene rings is 1. The highest BCUT2D eigenvalue weighted by Gasteiger charge is 2.18. The summed E-state index contributed by atoms with van der Waals surface area (Å²) >= 11 is 0. The molecule has 0 heterocycles. The molecule has 1 aromatic rings. The highest BCUT2D eigenvalue weighted by atomic mass is 16.6. The standard InChI is InChI=1S/C15H22N4O4/c1-9(2)17-14(20)8-16-12-6-5-11(7-13(12)19(22)23)15(21)18-10(3)4/h5-7,9-10,16H,8H2,1-4H3,(H,17,20)(H,18,21). The number of nitrogens with one attached hydrogen (secondary N) is 3. The van der Waals surface area contributed by atoms with Gasteiger partial charge < -0.3 is 16.0 Å². The summed E-state index contributed by atoms with van der Waals surface area (Å²) < 4.78 is 0. The lowest BCUT2D eigenvalue weighted by Crippen LogP contribution is -2.35. The molecule has 2 amide bonds. The van der Waals surface area contributed by atoms with Crippen molar-refractivity contribution in [2.24, 2.45) is 0 Å². The van der Waals surface area contributed by atoms with Crippen LogP contribution in [-0.2, 0) is 4.79 Å². The highest BCUT2D eigenvalue weighted by molar-refractivity contribution is 5.96. The molecule has 0 spiro atoms. The number of nitro benzene ring substituents is 1. The zero-order chi connectivity index (χ0) is 17.6. The fourth-order valence-corrected chi connectivity index (χ4v) is 1.87. The summed E-state index contributed by atoms with van der Waals surface area (Å²) in [6.45, 7) is 7.16. The number of nitrogens with zero attached hydrogens (tertiary/aromatic N) is 1. The Balaban J connectivity index is 2.90.